The molecule has 96 valence electrons. The minimum Gasteiger partial charge on any atom is -0.355 e. The standard InChI is InChI=1S/C14H18IN3/c1-3-4-7-16-14-17-8-9-18(14)12-6-5-11(2)13(15)10-12/h5-6,8-10H,3-4,7H2,1-2H3,(H,16,17). The Balaban J connectivity index is 2.22. The normalized spacial score (nSPS) is 10.6. The number of aromatic nitrogens is 2. The zero-order valence-electron chi connectivity index (χ0n) is 10.8. The van der Waals surface area contributed by atoms with Crippen molar-refractivity contribution in [1.82, 2.24) is 9.55 Å². The van der Waals surface area contributed by atoms with Crippen LogP contribution >= 0.6 is 22.6 Å². The van der Waals surface area contributed by atoms with Crippen molar-refractivity contribution in [1.29, 1.82) is 0 Å². The summed E-state index contributed by atoms with van der Waals surface area (Å²) < 4.78 is 3.37. The largest absolute Gasteiger partial charge is 0.355 e. The van der Waals surface area contributed by atoms with Crippen molar-refractivity contribution >= 4 is 28.5 Å². The molecular weight excluding hydrogens is 337 g/mol. The Bertz CT molecular complexity index is 520. The van der Waals surface area contributed by atoms with Crippen LogP contribution in [0.15, 0.2) is 30.6 Å². The molecule has 1 N–H and O–H groups in total. The summed E-state index contributed by atoms with van der Waals surface area (Å²) >= 11 is 2.37. The number of nitrogens with one attached hydrogen (secondary N) is 1. The van der Waals surface area contributed by atoms with Gasteiger partial charge >= 0.3 is 0 Å². The molecule has 0 saturated carbocycles. The molecule has 0 aliphatic rings. The number of hydrogen-bond donors (Lipinski definition) is 1. The number of unbranched alkanes of at least 4 members (excludes halogenated alkanes) is 1. The van der Waals surface area contributed by atoms with Crippen LogP contribution in [0, 0.1) is 10.5 Å². The van der Waals surface area contributed by atoms with Gasteiger partial charge in [0, 0.05) is 28.2 Å². The van der Waals surface area contributed by atoms with Gasteiger partial charge in [-0.05, 0) is 53.6 Å². The fraction of sp³-hybridized carbons (Fsp3) is 0.357. The maximum Gasteiger partial charge on any atom is 0.207 e. The third-order valence-electron chi connectivity index (χ3n) is 2.89. The van der Waals surface area contributed by atoms with E-state index in [-0.39, 0.29) is 0 Å². The first kappa shape index (κ1) is 13.4. The second kappa shape index (κ2) is 6.22. The summed E-state index contributed by atoms with van der Waals surface area (Å²) in [6.45, 7) is 5.28. The monoisotopic (exact) mass is 355 g/mol. The summed E-state index contributed by atoms with van der Waals surface area (Å²) in [6.07, 6.45) is 6.18. The second-order valence-electron chi connectivity index (χ2n) is 4.33. The zero-order chi connectivity index (χ0) is 13.0. The van der Waals surface area contributed by atoms with Gasteiger partial charge < -0.3 is 5.32 Å². The van der Waals surface area contributed by atoms with E-state index >= 15 is 0 Å². The lowest BCUT2D eigenvalue weighted by molar-refractivity contribution is 0.823. The van der Waals surface area contributed by atoms with Crippen molar-refractivity contribution < 1.29 is 0 Å². The van der Waals surface area contributed by atoms with Crippen LogP contribution in [0.1, 0.15) is 25.3 Å². The number of halogens is 1. The fourth-order valence-electron chi connectivity index (χ4n) is 1.75. The maximum absolute atomic E-state index is 4.37. The number of aryl methyl sites for hydroxylation is 1. The van der Waals surface area contributed by atoms with Crippen LogP contribution in [0.25, 0.3) is 5.69 Å². The van der Waals surface area contributed by atoms with Crippen molar-refractivity contribution in [2.24, 2.45) is 0 Å². The lowest BCUT2D eigenvalue weighted by Crippen LogP contribution is -2.07. The minimum atomic E-state index is 0.920. The average molecular weight is 355 g/mol. The topological polar surface area (TPSA) is 29.9 Å². The molecule has 0 aliphatic heterocycles. The van der Waals surface area contributed by atoms with Crippen LogP contribution in [0.5, 0.6) is 0 Å². The Morgan fingerprint density at radius 1 is 1.39 bits per heavy atom. The third kappa shape index (κ3) is 3.04. The molecule has 1 heterocycles. The van der Waals surface area contributed by atoms with Gasteiger partial charge in [0.1, 0.15) is 0 Å². The first-order chi connectivity index (χ1) is 8.72. The summed E-state index contributed by atoms with van der Waals surface area (Å²) in [4.78, 5) is 4.37. The zero-order valence-corrected chi connectivity index (χ0v) is 12.9. The van der Waals surface area contributed by atoms with Gasteiger partial charge in [-0.1, -0.05) is 19.4 Å². The number of anilines is 1. The van der Waals surface area contributed by atoms with Gasteiger partial charge in [0.05, 0.1) is 0 Å². The van der Waals surface area contributed by atoms with Crippen LogP contribution in [0.2, 0.25) is 0 Å². The Hall–Kier alpha value is -1.04. The van der Waals surface area contributed by atoms with E-state index in [0.717, 1.165) is 24.6 Å². The number of nitrogens with zero attached hydrogens (tertiary/aromatic N) is 2. The predicted molar refractivity (Wildman–Crippen MR) is 84.4 cm³/mol. The molecule has 0 radical (unpaired) electrons. The molecule has 2 aromatic rings. The van der Waals surface area contributed by atoms with E-state index in [2.05, 4.69) is 69.5 Å². The highest BCUT2D eigenvalue weighted by Gasteiger charge is 2.05. The lowest BCUT2D eigenvalue weighted by Gasteiger charge is -2.10. The molecule has 18 heavy (non-hydrogen) atoms. The van der Waals surface area contributed by atoms with E-state index in [0.29, 0.717) is 0 Å². The average Bonchev–Trinajstić information content (AvgIpc) is 2.81. The quantitative estimate of drug-likeness (QED) is 0.649. The van der Waals surface area contributed by atoms with Crippen LogP contribution in [0.3, 0.4) is 0 Å². The molecule has 3 nitrogen and oxygen atoms in total. The molecule has 0 unspecified atom stereocenters. The first-order valence-electron chi connectivity index (χ1n) is 6.26. The number of benzene rings is 1. The van der Waals surface area contributed by atoms with Crippen LogP contribution in [-0.2, 0) is 0 Å². The van der Waals surface area contributed by atoms with Gasteiger partial charge in [-0.3, -0.25) is 4.57 Å². The molecule has 1 aromatic heterocycles. The molecule has 0 atom stereocenters. The summed E-state index contributed by atoms with van der Waals surface area (Å²) in [6, 6.07) is 6.46. The van der Waals surface area contributed by atoms with E-state index in [1.165, 1.54) is 15.6 Å². The van der Waals surface area contributed by atoms with Crippen LogP contribution in [0.4, 0.5) is 5.95 Å². The van der Waals surface area contributed by atoms with Gasteiger partial charge in [-0.2, -0.15) is 0 Å². The van der Waals surface area contributed by atoms with E-state index in [1.807, 2.05) is 12.4 Å². The highest BCUT2D eigenvalue weighted by Crippen LogP contribution is 2.19. The van der Waals surface area contributed by atoms with E-state index in [4.69, 9.17) is 0 Å². The van der Waals surface area contributed by atoms with E-state index in [9.17, 15) is 0 Å². The van der Waals surface area contributed by atoms with Gasteiger partial charge in [0.15, 0.2) is 0 Å². The van der Waals surface area contributed by atoms with Crippen molar-refractivity contribution in [3.05, 3.63) is 39.7 Å². The van der Waals surface area contributed by atoms with Crippen LogP contribution in [-0.4, -0.2) is 16.1 Å². The van der Waals surface area contributed by atoms with Crippen molar-refractivity contribution in [3.63, 3.8) is 0 Å². The smallest absolute Gasteiger partial charge is 0.207 e. The summed E-state index contributed by atoms with van der Waals surface area (Å²) in [7, 11) is 0. The summed E-state index contributed by atoms with van der Waals surface area (Å²) in [5.41, 5.74) is 2.46. The molecule has 2 rings (SSSR count). The molecule has 0 saturated heterocycles. The molecular formula is C14H18IN3. The SMILES string of the molecule is CCCCNc1nccn1-c1ccc(C)c(I)c1. The molecule has 0 amide bonds. The molecule has 0 spiro atoms. The summed E-state index contributed by atoms with van der Waals surface area (Å²) in [5.74, 6) is 0.920. The molecule has 0 fully saturated rings. The van der Waals surface area contributed by atoms with Gasteiger partial charge in [0.2, 0.25) is 5.95 Å². The van der Waals surface area contributed by atoms with Crippen LogP contribution < -0.4 is 5.32 Å². The highest BCUT2D eigenvalue weighted by molar-refractivity contribution is 14.1. The van der Waals surface area contributed by atoms with Crippen molar-refractivity contribution in [3.8, 4) is 5.69 Å². The Morgan fingerprint density at radius 2 is 2.22 bits per heavy atom. The summed E-state index contributed by atoms with van der Waals surface area (Å²) in [5, 5.41) is 3.38. The molecule has 4 heteroatoms. The third-order valence-corrected chi connectivity index (χ3v) is 4.05. The number of hydrogen-bond acceptors (Lipinski definition) is 2. The van der Waals surface area contributed by atoms with Crippen molar-refractivity contribution in [2.45, 2.75) is 26.7 Å². The Morgan fingerprint density at radius 3 is 2.94 bits per heavy atom. The molecule has 0 bridgehead atoms. The fourth-order valence-corrected chi connectivity index (χ4v) is 2.25. The van der Waals surface area contributed by atoms with E-state index in [1.54, 1.807) is 0 Å². The minimum absolute atomic E-state index is 0.920. The number of imidazole rings is 1. The highest BCUT2D eigenvalue weighted by atomic mass is 127. The van der Waals surface area contributed by atoms with E-state index < -0.39 is 0 Å². The lowest BCUT2D eigenvalue weighted by atomic mass is 10.2. The second-order valence-corrected chi connectivity index (χ2v) is 5.50. The Labute approximate surface area is 122 Å². The van der Waals surface area contributed by atoms with Crippen molar-refractivity contribution in [2.75, 3.05) is 11.9 Å². The molecule has 1 aromatic carbocycles. The maximum atomic E-state index is 4.37. The van der Waals surface area contributed by atoms with Gasteiger partial charge in [-0.15, -0.1) is 0 Å². The van der Waals surface area contributed by atoms with Gasteiger partial charge in [-0.25, -0.2) is 4.98 Å². The first-order valence-corrected chi connectivity index (χ1v) is 7.34. The molecule has 0 aliphatic carbocycles. The number of rotatable bonds is 5. The predicted octanol–water partition coefficient (Wildman–Crippen LogP) is 4.00. The van der Waals surface area contributed by atoms with Gasteiger partial charge in [0.25, 0.3) is 0 Å². The Kier molecular flexibility index (Phi) is 4.63.